The number of aromatic nitrogens is 4. The molecule has 1 aromatic carbocycles. The highest BCUT2D eigenvalue weighted by Crippen LogP contribution is 2.35. The maximum absolute atomic E-state index is 12.2. The molecule has 10 nitrogen and oxygen atoms in total. The number of nitrogen functional groups attached to an aromatic ring is 1. The van der Waals surface area contributed by atoms with Crippen molar-refractivity contribution in [2.24, 2.45) is 0 Å². The van der Waals surface area contributed by atoms with Gasteiger partial charge in [-0.15, -0.1) is 0 Å². The number of hydrogen-bond donors (Lipinski definition) is 2. The zero-order chi connectivity index (χ0) is 22.0. The predicted octanol–water partition coefficient (Wildman–Crippen LogP) is 2.03. The van der Waals surface area contributed by atoms with Crippen molar-refractivity contribution in [3.05, 3.63) is 47.2 Å². The van der Waals surface area contributed by atoms with Crippen LogP contribution in [0, 0.1) is 0 Å². The number of hydrogen-bond acceptors (Lipinski definition) is 7. The number of urea groups is 1. The number of imide groups is 1. The highest BCUT2D eigenvalue weighted by molar-refractivity contribution is 9.10. The van der Waals surface area contributed by atoms with Crippen LogP contribution < -0.4 is 16.0 Å². The van der Waals surface area contributed by atoms with Crippen LogP contribution in [0.5, 0.6) is 0 Å². The molecular formula is C21H17BrN8O2. The van der Waals surface area contributed by atoms with E-state index in [0.717, 1.165) is 22.0 Å². The summed E-state index contributed by atoms with van der Waals surface area (Å²) in [5.41, 5.74) is 9.57. The van der Waals surface area contributed by atoms with Gasteiger partial charge in [0, 0.05) is 42.3 Å². The molecule has 2 fully saturated rings. The highest BCUT2D eigenvalue weighted by Gasteiger charge is 2.42. The van der Waals surface area contributed by atoms with Crippen molar-refractivity contribution in [3.8, 4) is 11.1 Å². The largest absolute Gasteiger partial charge is 0.383 e. The van der Waals surface area contributed by atoms with Gasteiger partial charge in [-0.05, 0) is 28.1 Å². The van der Waals surface area contributed by atoms with E-state index in [1.54, 1.807) is 21.8 Å². The summed E-state index contributed by atoms with van der Waals surface area (Å²) >= 11 is 3.55. The second kappa shape index (κ2) is 6.89. The standard InChI is InChI=1S/C21H17BrN8O2/c22-16-17(23)30-18(13(9-25-30)12-7-11-3-1-2-4-14(11)24-8-12)26-19(16)28-5-6-29-15(10-28)20(31)27-21(29)32/h1-4,7-9,15H,5-6,10,23H2,(H,27,31,32). The Morgan fingerprint density at radius 1 is 1.16 bits per heavy atom. The SMILES string of the molecule is Nc1c(Br)c(N2CCN3C(=O)NC(=O)C3C2)nc2c(-c3cnc4ccccc4c3)cnn12. The lowest BCUT2D eigenvalue weighted by Crippen LogP contribution is -2.53. The number of anilines is 2. The minimum Gasteiger partial charge on any atom is -0.383 e. The van der Waals surface area contributed by atoms with Crippen LogP contribution in [0.25, 0.3) is 27.7 Å². The normalized spacial score (nSPS) is 18.5. The van der Waals surface area contributed by atoms with Crippen LogP contribution in [0.2, 0.25) is 0 Å². The van der Waals surface area contributed by atoms with Gasteiger partial charge in [-0.2, -0.15) is 9.61 Å². The third-order valence-electron chi connectivity index (χ3n) is 5.98. The molecule has 1 atom stereocenters. The number of nitrogens with one attached hydrogen (secondary N) is 1. The molecule has 32 heavy (non-hydrogen) atoms. The lowest BCUT2D eigenvalue weighted by molar-refractivity contribution is -0.121. The van der Waals surface area contributed by atoms with Gasteiger partial charge in [0.25, 0.3) is 5.91 Å². The summed E-state index contributed by atoms with van der Waals surface area (Å²) in [5, 5.41) is 7.82. The van der Waals surface area contributed by atoms with Crippen molar-refractivity contribution in [2.45, 2.75) is 6.04 Å². The molecule has 4 aromatic rings. The van der Waals surface area contributed by atoms with Crippen LogP contribution >= 0.6 is 15.9 Å². The van der Waals surface area contributed by atoms with E-state index in [9.17, 15) is 9.59 Å². The number of nitrogens with two attached hydrogens (primary N) is 1. The first-order chi connectivity index (χ1) is 15.5. The lowest BCUT2D eigenvalue weighted by atomic mass is 10.1. The van der Waals surface area contributed by atoms with Crippen LogP contribution in [0.3, 0.4) is 0 Å². The Hall–Kier alpha value is -3.73. The Kier molecular flexibility index (Phi) is 4.09. The summed E-state index contributed by atoms with van der Waals surface area (Å²) in [6, 6.07) is 9.05. The Labute approximate surface area is 190 Å². The maximum atomic E-state index is 12.2. The number of carbonyl (C=O) groups is 2. The second-order valence-corrected chi connectivity index (χ2v) is 8.59. The lowest BCUT2D eigenvalue weighted by Gasteiger charge is -2.36. The van der Waals surface area contributed by atoms with E-state index in [4.69, 9.17) is 10.7 Å². The number of fused-ring (bicyclic) bond motifs is 3. The van der Waals surface area contributed by atoms with Crippen molar-refractivity contribution in [1.82, 2.24) is 29.8 Å². The zero-order valence-electron chi connectivity index (χ0n) is 16.7. The number of para-hydroxylation sites is 1. The summed E-state index contributed by atoms with van der Waals surface area (Å²) < 4.78 is 2.18. The van der Waals surface area contributed by atoms with Gasteiger partial charge in [0.2, 0.25) is 0 Å². The Morgan fingerprint density at radius 3 is 2.88 bits per heavy atom. The fourth-order valence-electron chi connectivity index (χ4n) is 4.32. The smallest absolute Gasteiger partial charge is 0.324 e. The van der Waals surface area contributed by atoms with Crippen LogP contribution in [0.1, 0.15) is 0 Å². The van der Waals surface area contributed by atoms with Crippen LogP contribution in [-0.2, 0) is 4.79 Å². The molecule has 0 radical (unpaired) electrons. The summed E-state index contributed by atoms with van der Waals surface area (Å²) in [4.78, 5) is 37.1. The first kappa shape index (κ1) is 19.0. The van der Waals surface area contributed by atoms with Gasteiger partial charge in [-0.3, -0.25) is 15.1 Å². The van der Waals surface area contributed by atoms with Crippen molar-refractivity contribution in [3.63, 3.8) is 0 Å². The molecule has 160 valence electrons. The van der Waals surface area contributed by atoms with E-state index in [1.165, 1.54) is 0 Å². The molecule has 0 aliphatic carbocycles. The number of amides is 3. The second-order valence-electron chi connectivity index (χ2n) is 7.79. The zero-order valence-corrected chi connectivity index (χ0v) is 18.3. The number of carbonyl (C=O) groups excluding carboxylic acids is 2. The Bertz CT molecular complexity index is 1430. The molecule has 3 aromatic heterocycles. The predicted molar refractivity (Wildman–Crippen MR) is 122 cm³/mol. The van der Waals surface area contributed by atoms with Gasteiger partial charge in [0.1, 0.15) is 22.2 Å². The first-order valence-corrected chi connectivity index (χ1v) is 10.8. The van der Waals surface area contributed by atoms with Crippen LogP contribution in [0.15, 0.2) is 47.2 Å². The molecule has 1 unspecified atom stereocenters. The quantitative estimate of drug-likeness (QED) is 0.410. The van der Waals surface area contributed by atoms with Crippen molar-refractivity contribution in [1.29, 1.82) is 0 Å². The van der Waals surface area contributed by atoms with Crippen molar-refractivity contribution >= 4 is 56.1 Å². The minimum atomic E-state index is -0.545. The van der Waals surface area contributed by atoms with E-state index in [-0.39, 0.29) is 11.9 Å². The molecule has 2 aliphatic heterocycles. The van der Waals surface area contributed by atoms with Gasteiger partial charge in [-0.1, -0.05) is 18.2 Å². The van der Waals surface area contributed by atoms with E-state index in [0.29, 0.717) is 41.4 Å². The third kappa shape index (κ3) is 2.74. The Balaban J connectivity index is 1.45. The third-order valence-corrected chi connectivity index (χ3v) is 6.74. The molecular weight excluding hydrogens is 476 g/mol. The fraction of sp³-hybridized carbons (Fsp3) is 0.190. The topological polar surface area (TPSA) is 122 Å². The van der Waals surface area contributed by atoms with E-state index < -0.39 is 6.04 Å². The summed E-state index contributed by atoms with van der Waals surface area (Å²) in [5.74, 6) is 0.717. The van der Waals surface area contributed by atoms with E-state index >= 15 is 0 Å². The van der Waals surface area contributed by atoms with Gasteiger partial charge < -0.3 is 15.5 Å². The number of nitrogens with zero attached hydrogens (tertiary/aromatic N) is 6. The van der Waals surface area contributed by atoms with Gasteiger partial charge >= 0.3 is 6.03 Å². The number of piperazine rings is 1. The Morgan fingerprint density at radius 2 is 2.00 bits per heavy atom. The molecule has 3 amide bonds. The molecule has 11 heteroatoms. The fourth-order valence-corrected chi connectivity index (χ4v) is 4.82. The average Bonchev–Trinajstić information content (AvgIpc) is 3.36. The number of halogens is 1. The summed E-state index contributed by atoms with van der Waals surface area (Å²) in [7, 11) is 0. The summed E-state index contributed by atoms with van der Waals surface area (Å²) in [6.45, 7) is 1.28. The molecule has 0 saturated carbocycles. The van der Waals surface area contributed by atoms with Crippen molar-refractivity contribution < 1.29 is 9.59 Å². The molecule has 3 N–H and O–H groups in total. The molecule has 0 spiro atoms. The van der Waals surface area contributed by atoms with Crippen LogP contribution in [0.4, 0.5) is 16.4 Å². The molecule has 2 aliphatic rings. The average molecular weight is 493 g/mol. The molecule has 6 rings (SSSR count). The molecule has 0 bridgehead atoms. The van der Waals surface area contributed by atoms with Crippen molar-refractivity contribution in [2.75, 3.05) is 30.3 Å². The highest BCUT2D eigenvalue weighted by atomic mass is 79.9. The molecule has 5 heterocycles. The number of rotatable bonds is 2. The monoisotopic (exact) mass is 492 g/mol. The van der Waals surface area contributed by atoms with Gasteiger partial charge in [0.05, 0.1) is 11.7 Å². The van der Waals surface area contributed by atoms with E-state index in [2.05, 4.69) is 31.3 Å². The van der Waals surface area contributed by atoms with E-state index in [1.807, 2.05) is 35.2 Å². The number of pyridine rings is 1. The van der Waals surface area contributed by atoms with Crippen LogP contribution in [-0.4, -0.2) is 62.1 Å². The molecule has 2 saturated heterocycles. The van der Waals surface area contributed by atoms with Gasteiger partial charge in [-0.25, -0.2) is 9.78 Å². The summed E-state index contributed by atoms with van der Waals surface area (Å²) in [6.07, 6.45) is 3.52. The van der Waals surface area contributed by atoms with Gasteiger partial charge in [0.15, 0.2) is 5.65 Å². The maximum Gasteiger partial charge on any atom is 0.324 e. The minimum absolute atomic E-state index is 0.294. The number of benzene rings is 1. The first-order valence-electron chi connectivity index (χ1n) is 10.1.